The van der Waals surface area contributed by atoms with Gasteiger partial charge in [-0.1, -0.05) is 17.7 Å². The highest BCUT2D eigenvalue weighted by Gasteiger charge is 2.44. The lowest BCUT2D eigenvalue weighted by atomic mass is 9.99. The Labute approximate surface area is 164 Å². The molecule has 1 aliphatic heterocycles. The molecule has 0 aliphatic carbocycles. The molecule has 0 amide bonds. The molecule has 1 aliphatic rings. The maximum Gasteiger partial charge on any atom is 0.229 e. The summed E-state index contributed by atoms with van der Waals surface area (Å²) in [6.07, 6.45) is -7.14. The zero-order chi connectivity index (χ0) is 20.4. The molecule has 1 fully saturated rings. The van der Waals surface area contributed by atoms with Crippen LogP contribution in [0.5, 0.6) is 5.75 Å². The number of aliphatic hydroxyl groups excluding tert-OH is 4. The molecule has 0 spiro atoms. The fraction of sp³-hybridized carbons (Fsp3) is 0.316. The van der Waals surface area contributed by atoms with Crippen molar-refractivity contribution in [3.05, 3.63) is 52.8 Å². The van der Waals surface area contributed by atoms with Gasteiger partial charge >= 0.3 is 0 Å². The normalized spacial score (nSPS) is 27.2. The lowest BCUT2D eigenvalue weighted by Gasteiger charge is -2.39. The average Bonchev–Trinajstić information content (AvgIpc) is 2.69. The van der Waals surface area contributed by atoms with Crippen molar-refractivity contribution in [1.82, 2.24) is 0 Å². The lowest BCUT2D eigenvalue weighted by Crippen LogP contribution is -2.60. The number of ether oxygens (including phenoxy) is 2. The van der Waals surface area contributed by atoms with E-state index < -0.39 is 43.1 Å². The van der Waals surface area contributed by atoms with E-state index >= 15 is 0 Å². The summed E-state index contributed by atoms with van der Waals surface area (Å²) in [6.45, 7) is -0.585. The molecule has 0 radical (unpaired) electrons. The second kappa shape index (κ2) is 8.41. The minimum Gasteiger partial charge on any atom is -0.460 e. The summed E-state index contributed by atoms with van der Waals surface area (Å²) in [7, 11) is 0. The van der Waals surface area contributed by atoms with Gasteiger partial charge in [0.15, 0.2) is 0 Å². The first-order valence-electron chi connectivity index (χ1n) is 8.32. The first kappa shape index (κ1) is 20.5. The number of aliphatic hydroxyl groups is 4. The van der Waals surface area contributed by atoms with E-state index in [1.807, 2.05) is 6.07 Å². The van der Waals surface area contributed by atoms with Crippen molar-refractivity contribution >= 4 is 11.6 Å². The molecule has 0 saturated carbocycles. The van der Waals surface area contributed by atoms with Crippen LogP contribution in [0, 0.1) is 17.1 Å². The van der Waals surface area contributed by atoms with Gasteiger partial charge in [-0.15, -0.1) is 0 Å². The maximum absolute atomic E-state index is 13.7. The third kappa shape index (κ3) is 4.10. The summed E-state index contributed by atoms with van der Waals surface area (Å²) in [4.78, 5) is 0. The van der Waals surface area contributed by atoms with E-state index in [0.29, 0.717) is 11.1 Å². The van der Waals surface area contributed by atoms with Gasteiger partial charge in [-0.2, -0.15) is 5.26 Å². The summed E-state index contributed by atoms with van der Waals surface area (Å²) >= 11 is 6.21. The van der Waals surface area contributed by atoms with Crippen LogP contribution in [-0.4, -0.2) is 57.7 Å². The first-order valence-corrected chi connectivity index (χ1v) is 8.69. The molecule has 7 nitrogen and oxygen atoms in total. The Morgan fingerprint density at radius 3 is 2.46 bits per heavy atom. The quantitative estimate of drug-likeness (QED) is 0.598. The van der Waals surface area contributed by atoms with E-state index in [9.17, 15) is 24.8 Å². The highest BCUT2D eigenvalue weighted by atomic mass is 35.5. The predicted molar refractivity (Wildman–Crippen MR) is 96.0 cm³/mol. The molecule has 4 N–H and O–H groups in total. The van der Waals surface area contributed by atoms with E-state index in [4.69, 9.17) is 26.3 Å². The highest BCUT2D eigenvalue weighted by Crippen LogP contribution is 2.33. The second-order valence-electron chi connectivity index (χ2n) is 6.30. The summed E-state index contributed by atoms with van der Waals surface area (Å²) in [5.74, 6) is -0.460. The zero-order valence-electron chi connectivity index (χ0n) is 14.4. The summed E-state index contributed by atoms with van der Waals surface area (Å²) in [5.41, 5.74) is 1.13. The fourth-order valence-corrected chi connectivity index (χ4v) is 3.11. The van der Waals surface area contributed by atoms with Crippen molar-refractivity contribution in [2.45, 2.75) is 30.7 Å². The Bertz CT molecular complexity index is 902. The van der Waals surface area contributed by atoms with Gasteiger partial charge in [-0.05, 0) is 41.5 Å². The number of hydrogen-bond acceptors (Lipinski definition) is 7. The Hall–Kier alpha value is -2.25. The Balaban J connectivity index is 1.83. The molecular formula is C19H17ClFNO6. The molecule has 0 aromatic heterocycles. The largest absolute Gasteiger partial charge is 0.460 e. The summed E-state index contributed by atoms with van der Waals surface area (Å²) in [5, 5.41) is 47.9. The molecule has 1 heterocycles. The first-order chi connectivity index (χ1) is 13.3. The monoisotopic (exact) mass is 409 g/mol. The molecule has 3 rings (SSSR count). The van der Waals surface area contributed by atoms with Crippen molar-refractivity contribution in [3.63, 3.8) is 0 Å². The SMILES string of the molecule is N#Cc1cc(F)cc(-c2ccc(O[C@H]3O[C@H](CO)[C@@H](O)[C@H](O)[C@@H]3O)c(Cl)c2)c1. The Kier molecular flexibility index (Phi) is 6.15. The van der Waals surface area contributed by atoms with Crippen LogP contribution >= 0.6 is 11.6 Å². The number of rotatable bonds is 4. The Morgan fingerprint density at radius 2 is 1.82 bits per heavy atom. The van der Waals surface area contributed by atoms with Crippen molar-refractivity contribution in [1.29, 1.82) is 5.26 Å². The molecule has 28 heavy (non-hydrogen) atoms. The molecule has 5 atom stereocenters. The molecule has 148 valence electrons. The second-order valence-corrected chi connectivity index (χ2v) is 6.71. The number of nitrogens with zero attached hydrogens (tertiary/aromatic N) is 1. The summed E-state index contributed by atoms with van der Waals surface area (Å²) in [6, 6.07) is 10.3. The van der Waals surface area contributed by atoms with Gasteiger partial charge in [-0.25, -0.2) is 4.39 Å². The average molecular weight is 410 g/mol. The van der Waals surface area contributed by atoms with E-state index in [0.717, 1.165) is 6.07 Å². The van der Waals surface area contributed by atoms with Crippen molar-refractivity contribution in [3.8, 4) is 22.9 Å². The third-order valence-corrected chi connectivity index (χ3v) is 4.68. The van der Waals surface area contributed by atoms with Crippen molar-refractivity contribution < 1.29 is 34.3 Å². The third-order valence-electron chi connectivity index (χ3n) is 4.38. The summed E-state index contributed by atoms with van der Waals surface area (Å²) < 4.78 is 24.4. The van der Waals surface area contributed by atoms with Crippen LogP contribution in [-0.2, 0) is 4.74 Å². The number of halogens is 2. The van der Waals surface area contributed by atoms with Gasteiger partial charge in [0.2, 0.25) is 6.29 Å². The van der Waals surface area contributed by atoms with Crippen LogP contribution in [0.25, 0.3) is 11.1 Å². The van der Waals surface area contributed by atoms with Crippen LogP contribution in [0.4, 0.5) is 4.39 Å². The minimum absolute atomic E-state index is 0.103. The molecule has 2 aromatic carbocycles. The molecule has 9 heteroatoms. The number of nitriles is 1. The van der Waals surface area contributed by atoms with Gasteiger partial charge in [0.25, 0.3) is 0 Å². The zero-order valence-corrected chi connectivity index (χ0v) is 15.1. The number of hydrogen-bond donors (Lipinski definition) is 4. The van der Waals surface area contributed by atoms with Crippen molar-refractivity contribution in [2.75, 3.05) is 6.61 Å². The topological polar surface area (TPSA) is 123 Å². The molecular weight excluding hydrogens is 393 g/mol. The number of benzene rings is 2. The van der Waals surface area contributed by atoms with Gasteiger partial charge in [0.1, 0.15) is 36.0 Å². The fourth-order valence-electron chi connectivity index (χ4n) is 2.89. The smallest absolute Gasteiger partial charge is 0.229 e. The standard InChI is InChI=1S/C19H17ClFNO6/c20-13-6-10(11-3-9(7-22)4-12(21)5-11)1-2-14(13)27-19-18(26)17(25)16(24)15(8-23)28-19/h1-6,15-19,23-26H,8H2/t15-,16-,17+,18+,19+/m1/s1. The van der Waals surface area contributed by atoms with Gasteiger partial charge in [0.05, 0.1) is 23.3 Å². The van der Waals surface area contributed by atoms with Gasteiger partial charge in [-0.3, -0.25) is 0 Å². The van der Waals surface area contributed by atoms with Gasteiger partial charge < -0.3 is 29.9 Å². The lowest BCUT2D eigenvalue weighted by molar-refractivity contribution is -0.277. The van der Waals surface area contributed by atoms with E-state index in [-0.39, 0.29) is 16.3 Å². The molecule has 0 unspecified atom stereocenters. The van der Waals surface area contributed by atoms with Crippen LogP contribution < -0.4 is 4.74 Å². The van der Waals surface area contributed by atoms with Gasteiger partial charge in [0, 0.05) is 0 Å². The highest BCUT2D eigenvalue weighted by molar-refractivity contribution is 6.32. The van der Waals surface area contributed by atoms with Crippen LogP contribution in [0.3, 0.4) is 0 Å². The molecule has 0 bridgehead atoms. The molecule has 1 saturated heterocycles. The maximum atomic E-state index is 13.7. The van der Waals surface area contributed by atoms with Crippen LogP contribution in [0.1, 0.15) is 5.56 Å². The van der Waals surface area contributed by atoms with Crippen molar-refractivity contribution in [2.24, 2.45) is 0 Å². The van der Waals surface area contributed by atoms with Crippen LogP contribution in [0.15, 0.2) is 36.4 Å². The van der Waals surface area contributed by atoms with E-state index in [1.165, 1.54) is 24.3 Å². The Morgan fingerprint density at radius 1 is 1.07 bits per heavy atom. The predicted octanol–water partition coefficient (Wildman–Crippen LogP) is 1.20. The van der Waals surface area contributed by atoms with E-state index in [2.05, 4.69) is 0 Å². The molecule has 2 aromatic rings. The minimum atomic E-state index is -1.58. The van der Waals surface area contributed by atoms with Crippen LogP contribution in [0.2, 0.25) is 5.02 Å². The van der Waals surface area contributed by atoms with E-state index in [1.54, 1.807) is 6.07 Å².